The summed E-state index contributed by atoms with van der Waals surface area (Å²) < 4.78 is 0. The van der Waals surface area contributed by atoms with Crippen molar-refractivity contribution in [3.05, 3.63) is 34.3 Å². The lowest BCUT2D eigenvalue weighted by molar-refractivity contribution is 0.738. The van der Waals surface area contributed by atoms with Crippen LogP contribution in [0.5, 0.6) is 0 Å². The zero-order valence-electron chi connectivity index (χ0n) is 8.46. The third-order valence-corrected chi connectivity index (χ3v) is 2.97. The topological polar surface area (TPSA) is 26.0 Å². The Hall–Kier alpha value is -0.530. The molecule has 0 aromatic heterocycles. The van der Waals surface area contributed by atoms with E-state index in [2.05, 4.69) is 18.2 Å². The summed E-state index contributed by atoms with van der Waals surface area (Å²) in [4.78, 5) is 0. The van der Waals surface area contributed by atoms with Crippen LogP contribution in [0, 0.1) is 0 Å². The summed E-state index contributed by atoms with van der Waals surface area (Å²) in [6, 6.07) is 6.59. The molecule has 1 unspecified atom stereocenters. The van der Waals surface area contributed by atoms with Gasteiger partial charge in [-0.05, 0) is 49.3 Å². The Morgan fingerprint density at radius 2 is 2.21 bits per heavy atom. The van der Waals surface area contributed by atoms with Gasteiger partial charge in [0.05, 0.1) is 0 Å². The van der Waals surface area contributed by atoms with Crippen LogP contribution in [0.1, 0.15) is 36.8 Å². The standard InChI is InChI=1S/C12H16ClN/c1-8(14)6-9-2-5-11(10-3-4-10)12(13)7-9/h2,5,7-8,10H,3-4,6,14H2,1H3. The molecule has 0 saturated heterocycles. The molecule has 2 heteroatoms. The highest BCUT2D eigenvalue weighted by Gasteiger charge is 2.25. The first-order valence-corrected chi connectivity index (χ1v) is 5.58. The third-order valence-electron chi connectivity index (χ3n) is 2.64. The molecule has 1 aromatic rings. The minimum Gasteiger partial charge on any atom is -0.328 e. The molecule has 0 radical (unpaired) electrons. The molecule has 1 aromatic carbocycles. The molecule has 1 aliphatic rings. The number of rotatable bonds is 3. The van der Waals surface area contributed by atoms with E-state index in [1.165, 1.54) is 24.0 Å². The number of benzene rings is 1. The largest absolute Gasteiger partial charge is 0.328 e. The summed E-state index contributed by atoms with van der Waals surface area (Å²) in [6.07, 6.45) is 3.50. The Bertz CT molecular complexity index is 329. The van der Waals surface area contributed by atoms with E-state index < -0.39 is 0 Å². The molecule has 1 atom stereocenters. The van der Waals surface area contributed by atoms with Crippen molar-refractivity contribution in [2.45, 2.75) is 38.1 Å². The molecule has 2 rings (SSSR count). The van der Waals surface area contributed by atoms with Gasteiger partial charge in [-0.1, -0.05) is 23.7 Å². The van der Waals surface area contributed by atoms with Crippen molar-refractivity contribution in [3.8, 4) is 0 Å². The first kappa shape index (κ1) is 10.0. The molecule has 14 heavy (non-hydrogen) atoms. The third kappa shape index (κ3) is 2.28. The first-order chi connectivity index (χ1) is 6.66. The van der Waals surface area contributed by atoms with Gasteiger partial charge < -0.3 is 5.73 Å². The highest BCUT2D eigenvalue weighted by Crippen LogP contribution is 2.43. The maximum Gasteiger partial charge on any atom is 0.0443 e. The van der Waals surface area contributed by atoms with Gasteiger partial charge >= 0.3 is 0 Å². The fourth-order valence-corrected chi connectivity index (χ4v) is 2.15. The lowest BCUT2D eigenvalue weighted by Crippen LogP contribution is -2.17. The molecule has 1 fully saturated rings. The van der Waals surface area contributed by atoms with Gasteiger partial charge in [-0.15, -0.1) is 0 Å². The Balaban J connectivity index is 2.17. The molecule has 1 nitrogen and oxygen atoms in total. The Kier molecular flexibility index (Phi) is 2.80. The van der Waals surface area contributed by atoms with Crippen LogP contribution in [0.4, 0.5) is 0 Å². The van der Waals surface area contributed by atoms with Crippen LogP contribution in [-0.4, -0.2) is 6.04 Å². The normalized spacial score (nSPS) is 18.2. The van der Waals surface area contributed by atoms with Gasteiger partial charge in [0.15, 0.2) is 0 Å². The predicted octanol–water partition coefficient (Wildman–Crippen LogP) is 3.11. The van der Waals surface area contributed by atoms with E-state index >= 15 is 0 Å². The molecule has 0 amide bonds. The molecule has 1 saturated carbocycles. The van der Waals surface area contributed by atoms with Crippen LogP contribution < -0.4 is 5.73 Å². The van der Waals surface area contributed by atoms with Crippen molar-refractivity contribution in [2.24, 2.45) is 5.73 Å². The summed E-state index contributed by atoms with van der Waals surface area (Å²) in [5.74, 6) is 0.729. The maximum atomic E-state index is 6.21. The van der Waals surface area contributed by atoms with E-state index in [1.54, 1.807) is 0 Å². The average molecular weight is 210 g/mol. The van der Waals surface area contributed by atoms with Crippen molar-refractivity contribution in [1.29, 1.82) is 0 Å². The second-order valence-corrected chi connectivity index (χ2v) is 4.72. The SMILES string of the molecule is CC(N)Cc1ccc(C2CC2)c(Cl)c1. The highest BCUT2D eigenvalue weighted by molar-refractivity contribution is 6.31. The second-order valence-electron chi connectivity index (χ2n) is 4.31. The smallest absolute Gasteiger partial charge is 0.0443 e. The lowest BCUT2D eigenvalue weighted by atomic mass is 10.0. The zero-order valence-corrected chi connectivity index (χ0v) is 9.22. The van der Waals surface area contributed by atoms with Gasteiger partial charge in [0.2, 0.25) is 0 Å². The monoisotopic (exact) mass is 209 g/mol. The zero-order chi connectivity index (χ0) is 10.1. The van der Waals surface area contributed by atoms with E-state index in [1.807, 2.05) is 6.92 Å². The van der Waals surface area contributed by atoms with Gasteiger partial charge in [-0.25, -0.2) is 0 Å². The molecule has 0 heterocycles. The van der Waals surface area contributed by atoms with Gasteiger partial charge in [-0.2, -0.15) is 0 Å². The van der Waals surface area contributed by atoms with E-state index in [9.17, 15) is 0 Å². The quantitative estimate of drug-likeness (QED) is 0.814. The summed E-state index contributed by atoms with van der Waals surface area (Å²) in [5, 5.41) is 0.922. The van der Waals surface area contributed by atoms with Crippen LogP contribution in [0.2, 0.25) is 5.02 Å². The van der Waals surface area contributed by atoms with Crippen molar-refractivity contribution in [3.63, 3.8) is 0 Å². The van der Waals surface area contributed by atoms with Crippen LogP contribution in [0.3, 0.4) is 0 Å². The molecular weight excluding hydrogens is 194 g/mol. The van der Waals surface area contributed by atoms with E-state index in [4.69, 9.17) is 17.3 Å². The summed E-state index contributed by atoms with van der Waals surface area (Å²) in [7, 11) is 0. The van der Waals surface area contributed by atoms with Gasteiger partial charge in [0.25, 0.3) is 0 Å². The van der Waals surface area contributed by atoms with Crippen LogP contribution in [0.15, 0.2) is 18.2 Å². The minimum absolute atomic E-state index is 0.206. The fourth-order valence-electron chi connectivity index (χ4n) is 1.79. The molecule has 76 valence electrons. The summed E-state index contributed by atoms with van der Waals surface area (Å²) in [5.41, 5.74) is 8.31. The van der Waals surface area contributed by atoms with Crippen molar-refractivity contribution in [1.82, 2.24) is 0 Å². The number of nitrogens with two attached hydrogens (primary N) is 1. The van der Waals surface area contributed by atoms with Gasteiger partial charge in [0, 0.05) is 11.1 Å². The maximum absolute atomic E-state index is 6.21. The second kappa shape index (κ2) is 3.92. The highest BCUT2D eigenvalue weighted by atomic mass is 35.5. The van der Waals surface area contributed by atoms with E-state index in [-0.39, 0.29) is 6.04 Å². The van der Waals surface area contributed by atoms with Crippen LogP contribution in [-0.2, 0) is 6.42 Å². The Labute approximate surface area is 90.3 Å². The molecule has 0 spiro atoms. The van der Waals surface area contributed by atoms with E-state index in [0.717, 1.165) is 17.4 Å². The Morgan fingerprint density at radius 1 is 1.50 bits per heavy atom. The predicted molar refractivity (Wildman–Crippen MR) is 60.8 cm³/mol. The number of hydrogen-bond donors (Lipinski definition) is 1. The first-order valence-electron chi connectivity index (χ1n) is 5.20. The fraction of sp³-hybridized carbons (Fsp3) is 0.500. The number of halogens is 1. The van der Waals surface area contributed by atoms with Gasteiger partial charge in [0.1, 0.15) is 0 Å². The van der Waals surface area contributed by atoms with Crippen molar-refractivity contribution in [2.75, 3.05) is 0 Å². The molecule has 2 N–H and O–H groups in total. The van der Waals surface area contributed by atoms with Crippen molar-refractivity contribution < 1.29 is 0 Å². The molecular formula is C12H16ClN. The van der Waals surface area contributed by atoms with E-state index in [0.29, 0.717) is 0 Å². The molecule has 0 aliphatic heterocycles. The lowest BCUT2D eigenvalue weighted by Gasteiger charge is -2.08. The van der Waals surface area contributed by atoms with Gasteiger partial charge in [-0.3, -0.25) is 0 Å². The summed E-state index contributed by atoms with van der Waals surface area (Å²) in [6.45, 7) is 2.02. The van der Waals surface area contributed by atoms with Crippen molar-refractivity contribution >= 4 is 11.6 Å². The van der Waals surface area contributed by atoms with Crippen LogP contribution >= 0.6 is 11.6 Å². The molecule has 1 aliphatic carbocycles. The van der Waals surface area contributed by atoms with Crippen LogP contribution in [0.25, 0.3) is 0 Å². The average Bonchev–Trinajstić information content (AvgIpc) is 2.86. The minimum atomic E-state index is 0.206. The number of hydrogen-bond acceptors (Lipinski definition) is 1. The summed E-state index contributed by atoms with van der Waals surface area (Å²) >= 11 is 6.21. The molecule has 0 bridgehead atoms. The Morgan fingerprint density at radius 3 is 2.71 bits per heavy atom.